The minimum Gasteiger partial charge on any atom is -0.482 e. The van der Waals surface area contributed by atoms with Crippen molar-refractivity contribution in [3.8, 4) is 16.9 Å². The summed E-state index contributed by atoms with van der Waals surface area (Å²) in [6.07, 6.45) is 0. The Bertz CT molecular complexity index is 750. The van der Waals surface area contributed by atoms with Gasteiger partial charge in [-0.05, 0) is 37.1 Å². The minimum atomic E-state index is -0.262. The summed E-state index contributed by atoms with van der Waals surface area (Å²) >= 11 is 6.29. The van der Waals surface area contributed by atoms with Gasteiger partial charge in [0.05, 0.1) is 11.6 Å². The number of nitrogens with zero attached hydrogens (tertiary/aromatic N) is 1. The monoisotopic (exact) mass is 374 g/mol. The average molecular weight is 375 g/mol. The maximum Gasteiger partial charge on any atom is 0.260 e. The zero-order chi connectivity index (χ0) is 18.9. The van der Waals surface area contributed by atoms with E-state index in [9.17, 15) is 9.59 Å². The molecule has 0 bridgehead atoms. The maximum absolute atomic E-state index is 12.3. The van der Waals surface area contributed by atoms with Gasteiger partial charge in [0.2, 0.25) is 5.91 Å². The number of benzene rings is 2. The van der Waals surface area contributed by atoms with Crippen LogP contribution in [0.3, 0.4) is 0 Å². The molecule has 5 nitrogen and oxygen atoms in total. The van der Waals surface area contributed by atoms with E-state index in [1.165, 1.54) is 4.90 Å². The van der Waals surface area contributed by atoms with Crippen molar-refractivity contribution in [3.05, 3.63) is 53.6 Å². The Morgan fingerprint density at radius 3 is 2.42 bits per heavy atom. The number of amides is 2. The lowest BCUT2D eigenvalue weighted by atomic mass is 10.1. The highest BCUT2D eigenvalue weighted by molar-refractivity contribution is 6.32. The SMILES string of the molecule is CCNC(=O)CN(CC)C(=O)COc1ccc(-c2ccccc2)cc1Cl. The van der Waals surface area contributed by atoms with Gasteiger partial charge in [0.15, 0.2) is 6.61 Å². The van der Waals surface area contributed by atoms with Crippen LogP contribution in [0.4, 0.5) is 0 Å². The topological polar surface area (TPSA) is 58.6 Å². The van der Waals surface area contributed by atoms with Crippen molar-refractivity contribution in [2.45, 2.75) is 13.8 Å². The molecule has 0 atom stereocenters. The second-order valence-corrected chi connectivity index (χ2v) is 6.07. The lowest BCUT2D eigenvalue weighted by Gasteiger charge is -2.20. The number of halogens is 1. The van der Waals surface area contributed by atoms with Gasteiger partial charge >= 0.3 is 0 Å². The predicted molar refractivity (Wildman–Crippen MR) is 103 cm³/mol. The van der Waals surface area contributed by atoms with Gasteiger partial charge in [-0.15, -0.1) is 0 Å². The van der Waals surface area contributed by atoms with Gasteiger partial charge in [-0.3, -0.25) is 9.59 Å². The first-order chi connectivity index (χ1) is 12.5. The van der Waals surface area contributed by atoms with Crippen molar-refractivity contribution in [3.63, 3.8) is 0 Å². The standard InChI is InChI=1S/C20H23ClN2O3/c1-3-22-19(24)13-23(4-2)20(25)14-26-18-11-10-16(12-17(18)21)15-8-6-5-7-9-15/h5-12H,3-4,13-14H2,1-2H3,(H,22,24). The second-order valence-electron chi connectivity index (χ2n) is 5.66. The van der Waals surface area contributed by atoms with Crippen molar-refractivity contribution in [1.82, 2.24) is 10.2 Å². The summed E-state index contributed by atoms with van der Waals surface area (Å²) in [5, 5.41) is 3.11. The van der Waals surface area contributed by atoms with E-state index in [0.29, 0.717) is 23.9 Å². The molecule has 0 aliphatic heterocycles. The van der Waals surface area contributed by atoms with Crippen LogP contribution in [-0.2, 0) is 9.59 Å². The molecule has 0 fully saturated rings. The van der Waals surface area contributed by atoms with Crippen LogP contribution in [0.25, 0.3) is 11.1 Å². The molecule has 0 radical (unpaired) electrons. The molecule has 2 aromatic rings. The quantitative estimate of drug-likeness (QED) is 0.770. The zero-order valence-electron chi connectivity index (χ0n) is 15.0. The van der Waals surface area contributed by atoms with Crippen molar-refractivity contribution >= 4 is 23.4 Å². The molecule has 0 aliphatic rings. The zero-order valence-corrected chi connectivity index (χ0v) is 15.8. The number of carbonyl (C=O) groups is 2. The molecule has 0 aliphatic carbocycles. The summed E-state index contributed by atoms with van der Waals surface area (Å²) in [6.45, 7) is 4.47. The maximum atomic E-state index is 12.3. The molecule has 2 amide bonds. The van der Waals surface area contributed by atoms with Crippen LogP contribution < -0.4 is 10.1 Å². The highest BCUT2D eigenvalue weighted by Gasteiger charge is 2.16. The molecule has 1 N–H and O–H groups in total. The number of ether oxygens (including phenoxy) is 1. The van der Waals surface area contributed by atoms with E-state index in [1.807, 2.05) is 56.3 Å². The fourth-order valence-corrected chi connectivity index (χ4v) is 2.70. The summed E-state index contributed by atoms with van der Waals surface area (Å²) in [5.74, 6) is -0.0105. The summed E-state index contributed by atoms with van der Waals surface area (Å²) in [6, 6.07) is 15.3. The first kappa shape index (κ1) is 19.8. The molecule has 6 heteroatoms. The molecule has 0 heterocycles. The highest BCUT2D eigenvalue weighted by Crippen LogP contribution is 2.30. The van der Waals surface area contributed by atoms with E-state index in [4.69, 9.17) is 16.3 Å². The van der Waals surface area contributed by atoms with E-state index < -0.39 is 0 Å². The number of nitrogens with one attached hydrogen (secondary N) is 1. The third-order valence-electron chi connectivity index (χ3n) is 3.83. The van der Waals surface area contributed by atoms with Crippen molar-refractivity contribution in [2.75, 3.05) is 26.2 Å². The lowest BCUT2D eigenvalue weighted by molar-refractivity contribution is -0.137. The molecule has 2 rings (SSSR count). The summed E-state index contributed by atoms with van der Waals surface area (Å²) in [4.78, 5) is 25.4. The Balaban J connectivity index is 1.98. The third-order valence-corrected chi connectivity index (χ3v) is 4.13. The Morgan fingerprint density at radius 1 is 1.08 bits per heavy atom. The minimum absolute atomic E-state index is 0.0210. The Labute approximate surface area is 158 Å². The molecular weight excluding hydrogens is 352 g/mol. The fraction of sp³-hybridized carbons (Fsp3) is 0.300. The Kier molecular flexibility index (Phi) is 7.48. The van der Waals surface area contributed by atoms with Gasteiger partial charge in [0, 0.05) is 13.1 Å². The lowest BCUT2D eigenvalue weighted by Crippen LogP contribution is -2.42. The van der Waals surface area contributed by atoms with Crippen LogP contribution in [0.5, 0.6) is 5.75 Å². The van der Waals surface area contributed by atoms with Crippen LogP contribution in [0.2, 0.25) is 5.02 Å². The van der Waals surface area contributed by atoms with E-state index in [-0.39, 0.29) is 25.0 Å². The molecular formula is C20H23ClN2O3. The van der Waals surface area contributed by atoms with E-state index in [2.05, 4.69) is 5.32 Å². The fourth-order valence-electron chi connectivity index (χ4n) is 2.46. The molecule has 26 heavy (non-hydrogen) atoms. The van der Waals surface area contributed by atoms with Gasteiger partial charge < -0.3 is 15.0 Å². The second kappa shape index (κ2) is 9.82. The molecule has 0 saturated heterocycles. The van der Waals surface area contributed by atoms with Crippen molar-refractivity contribution in [2.24, 2.45) is 0 Å². The Hall–Kier alpha value is -2.53. The van der Waals surface area contributed by atoms with Crippen molar-refractivity contribution < 1.29 is 14.3 Å². The van der Waals surface area contributed by atoms with E-state index in [1.54, 1.807) is 6.07 Å². The number of hydrogen-bond acceptors (Lipinski definition) is 3. The normalized spacial score (nSPS) is 10.3. The number of hydrogen-bond donors (Lipinski definition) is 1. The first-order valence-corrected chi connectivity index (χ1v) is 8.95. The molecule has 0 unspecified atom stereocenters. The highest BCUT2D eigenvalue weighted by atomic mass is 35.5. The summed E-state index contributed by atoms with van der Waals surface area (Å²) < 4.78 is 5.56. The molecule has 2 aromatic carbocycles. The average Bonchev–Trinajstić information content (AvgIpc) is 2.65. The van der Waals surface area contributed by atoms with Crippen LogP contribution in [0.15, 0.2) is 48.5 Å². The summed E-state index contributed by atoms with van der Waals surface area (Å²) in [7, 11) is 0. The molecule has 0 aromatic heterocycles. The number of carbonyl (C=O) groups excluding carboxylic acids is 2. The first-order valence-electron chi connectivity index (χ1n) is 8.57. The van der Waals surface area contributed by atoms with Gasteiger partial charge in [0.1, 0.15) is 5.75 Å². The van der Waals surface area contributed by atoms with Gasteiger partial charge in [0.25, 0.3) is 5.91 Å². The summed E-state index contributed by atoms with van der Waals surface area (Å²) in [5.41, 5.74) is 2.02. The van der Waals surface area contributed by atoms with E-state index in [0.717, 1.165) is 11.1 Å². The number of likely N-dealkylation sites (N-methyl/N-ethyl adjacent to an activating group) is 2. The van der Waals surface area contributed by atoms with Crippen LogP contribution >= 0.6 is 11.6 Å². The number of rotatable bonds is 8. The third kappa shape index (κ3) is 5.49. The largest absolute Gasteiger partial charge is 0.482 e. The van der Waals surface area contributed by atoms with Crippen LogP contribution in [0.1, 0.15) is 13.8 Å². The molecule has 0 saturated carbocycles. The molecule has 138 valence electrons. The Morgan fingerprint density at radius 2 is 1.81 bits per heavy atom. The van der Waals surface area contributed by atoms with Gasteiger partial charge in [-0.1, -0.05) is 48.0 Å². The van der Waals surface area contributed by atoms with Gasteiger partial charge in [-0.25, -0.2) is 0 Å². The van der Waals surface area contributed by atoms with Crippen molar-refractivity contribution in [1.29, 1.82) is 0 Å². The molecule has 0 spiro atoms. The van der Waals surface area contributed by atoms with Gasteiger partial charge in [-0.2, -0.15) is 0 Å². The van der Waals surface area contributed by atoms with Crippen LogP contribution in [-0.4, -0.2) is 43.0 Å². The van der Waals surface area contributed by atoms with E-state index >= 15 is 0 Å². The van der Waals surface area contributed by atoms with Crippen LogP contribution in [0, 0.1) is 0 Å². The smallest absolute Gasteiger partial charge is 0.260 e. The predicted octanol–water partition coefficient (Wildman–Crippen LogP) is 3.37.